The zero-order valence-electron chi connectivity index (χ0n) is 20.3. The Bertz CT molecular complexity index is 1660. The summed E-state index contributed by atoms with van der Waals surface area (Å²) >= 11 is 0. The molecule has 2 saturated carbocycles. The molecule has 11 heteroatoms. The molecular formula is C27H23F2N5O3S. The zero-order valence-corrected chi connectivity index (χ0v) is 21.1. The fraction of sp³-hybridized carbons (Fsp3) is 0.370. The molecule has 0 saturated heterocycles. The maximum atomic E-state index is 14.5. The number of benzene rings is 1. The van der Waals surface area contributed by atoms with Crippen LogP contribution in [-0.2, 0) is 21.0 Å². The molecular weight excluding hydrogens is 512 g/mol. The summed E-state index contributed by atoms with van der Waals surface area (Å²) in [4.78, 5) is 13.6. The summed E-state index contributed by atoms with van der Waals surface area (Å²) in [6.45, 7) is 0. The molecule has 2 fully saturated rings. The van der Waals surface area contributed by atoms with Gasteiger partial charge in [-0.25, -0.2) is 27.2 Å². The van der Waals surface area contributed by atoms with Crippen molar-refractivity contribution in [1.82, 2.24) is 25.1 Å². The van der Waals surface area contributed by atoms with Gasteiger partial charge in [-0.1, -0.05) is 6.07 Å². The number of halogens is 2. The lowest BCUT2D eigenvalue weighted by atomic mass is 9.58. The minimum absolute atomic E-state index is 0.159. The third kappa shape index (κ3) is 3.74. The molecule has 2 bridgehead atoms. The Hall–Kier alpha value is -3.60. The van der Waals surface area contributed by atoms with Crippen LogP contribution in [0.2, 0.25) is 0 Å². The lowest BCUT2D eigenvalue weighted by Crippen LogP contribution is -2.41. The van der Waals surface area contributed by atoms with Crippen LogP contribution in [0.4, 0.5) is 8.78 Å². The monoisotopic (exact) mass is 535 g/mol. The first kappa shape index (κ1) is 23.5. The Morgan fingerprint density at radius 1 is 0.974 bits per heavy atom. The lowest BCUT2D eigenvalue weighted by molar-refractivity contribution is 0.263. The van der Waals surface area contributed by atoms with Crippen molar-refractivity contribution in [2.24, 2.45) is 0 Å². The maximum absolute atomic E-state index is 14.5. The van der Waals surface area contributed by atoms with Gasteiger partial charge >= 0.3 is 0 Å². The fourth-order valence-corrected chi connectivity index (χ4v) is 7.57. The van der Waals surface area contributed by atoms with Gasteiger partial charge in [0, 0.05) is 6.20 Å². The Kier molecular flexibility index (Phi) is 5.23. The number of nitrogens with zero attached hydrogens (tertiary/aromatic N) is 5. The van der Waals surface area contributed by atoms with Crippen LogP contribution in [0.15, 0.2) is 47.3 Å². The van der Waals surface area contributed by atoms with Gasteiger partial charge in [-0.15, -0.1) is 5.10 Å². The van der Waals surface area contributed by atoms with Crippen molar-refractivity contribution >= 4 is 9.84 Å². The summed E-state index contributed by atoms with van der Waals surface area (Å²) in [5, 5.41) is 8.49. The number of fused-ring (bicyclic) bond motifs is 2. The number of hydrogen-bond donors (Lipinski definition) is 0. The van der Waals surface area contributed by atoms with Crippen molar-refractivity contribution in [3.05, 3.63) is 77.2 Å². The van der Waals surface area contributed by atoms with Gasteiger partial charge in [-0.3, -0.25) is 4.98 Å². The van der Waals surface area contributed by atoms with Crippen LogP contribution >= 0.6 is 0 Å². The second-order valence-corrected chi connectivity index (χ2v) is 12.7. The fourth-order valence-electron chi connectivity index (χ4n) is 5.93. The standard InChI is InChI=1S/C27H23F2N5O3S/c28-19-2-1-3-20(29)24(19)21-10-18-15-6-8-27(9-7-15,25(18)34-33-21)23-12-30-11-22(32-23)26-31-16(13-37-26)14-38(35,36)17-4-5-17/h1-3,10-13,15,17H,4-9,14H2/t15-,27+. The first-order chi connectivity index (χ1) is 18.3. The second-order valence-electron chi connectivity index (χ2n) is 10.4. The topological polar surface area (TPSA) is 112 Å². The van der Waals surface area contributed by atoms with E-state index in [2.05, 4.69) is 20.2 Å². The first-order valence-corrected chi connectivity index (χ1v) is 14.4. The van der Waals surface area contributed by atoms with Gasteiger partial charge in [0.15, 0.2) is 9.84 Å². The normalized spacial score (nSPS) is 22.4. The highest BCUT2D eigenvalue weighted by Crippen LogP contribution is 2.55. The number of rotatable bonds is 6. The average molecular weight is 536 g/mol. The molecule has 3 aromatic heterocycles. The van der Waals surface area contributed by atoms with Crippen LogP contribution in [0.1, 0.15) is 67.1 Å². The third-order valence-electron chi connectivity index (χ3n) is 8.05. The summed E-state index contributed by atoms with van der Waals surface area (Å²) in [6.07, 6.45) is 9.34. The van der Waals surface area contributed by atoms with E-state index in [1.807, 2.05) is 0 Å². The molecule has 38 heavy (non-hydrogen) atoms. The smallest absolute Gasteiger partial charge is 0.246 e. The number of hydrogen-bond acceptors (Lipinski definition) is 8. The summed E-state index contributed by atoms with van der Waals surface area (Å²) in [6, 6.07) is 5.51. The molecule has 194 valence electrons. The van der Waals surface area contributed by atoms with Crippen molar-refractivity contribution in [2.45, 2.75) is 60.9 Å². The van der Waals surface area contributed by atoms with Gasteiger partial charge in [0.2, 0.25) is 5.89 Å². The van der Waals surface area contributed by atoms with Crippen molar-refractivity contribution < 1.29 is 21.6 Å². The van der Waals surface area contributed by atoms with E-state index in [0.29, 0.717) is 29.9 Å². The average Bonchev–Trinajstić information content (AvgIpc) is 3.70. The summed E-state index contributed by atoms with van der Waals surface area (Å²) in [5.41, 5.74) is 2.59. The highest BCUT2D eigenvalue weighted by molar-refractivity contribution is 7.91. The van der Waals surface area contributed by atoms with Crippen LogP contribution < -0.4 is 0 Å². The van der Waals surface area contributed by atoms with Gasteiger partial charge in [0.1, 0.15) is 23.6 Å². The van der Waals surface area contributed by atoms with Gasteiger partial charge in [-0.05, 0) is 68.2 Å². The van der Waals surface area contributed by atoms with Crippen LogP contribution in [0.5, 0.6) is 0 Å². The SMILES string of the molecule is O=S(=O)(Cc1coc(-c2cncc([C@]34CC[C@H](CC3)c3cc(-c5c(F)cccc5F)nnc34)n2)n1)C1CC1. The highest BCUT2D eigenvalue weighted by Gasteiger charge is 2.49. The molecule has 0 unspecified atom stereocenters. The molecule has 0 aliphatic heterocycles. The molecule has 3 heterocycles. The van der Waals surface area contributed by atoms with E-state index in [0.717, 1.165) is 36.9 Å². The van der Waals surface area contributed by atoms with Crippen LogP contribution in [0.3, 0.4) is 0 Å². The first-order valence-electron chi connectivity index (χ1n) is 12.7. The number of aromatic nitrogens is 5. The second kappa shape index (κ2) is 8.45. The number of sulfone groups is 1. The quantitative estimate of drug-likeness (QED) is 0.343. The number of oxazole rings is 1. The van der Waals surface area contributed by atoms with Crippen LogP contribution in [0.25, 0.3) is 22.8 Å². The Balaban J connectivity index is 1.25. The predicted octanol–water partition coefficient (Wildman–Crippen LogP) is 4.90. The van der Waals surface area contributed by atoms with Gasteiger partial charge in [0.05, 0.1) is 51.0 Å². The van der Waals surface area contributed by atoms with Crippen molar-refractivity contribution in [3.63, 3.8) is 0 Å². The molecule has 4 aromatic rings. The molecule has 0 N–H and O–H groups in total. The van der Waals surface area contributed by atoms with E-state index < -0.39 is 26.9 Å². The van der Waals surface area contributed by atoms with Crippen LogP contribution in [-0.4, -0.2) is 38.8 Å². The minimum atomic E-state index is -3.23. The molecule has 0 spiro atoms. The molecule has 8 nitrogen and oxygen atoms in total. The van der Waals surface area contributed by atoms with Crippen LogP contribution in [0, 0.1) is 11.6 Å². The van der Waals surface area contributed by atoms with E-state index in [9.17, 15) is 17.2 Å². The molecule has 0 amide bonds. The van der Waals surface area contributed by atoms with E-state index in [1.165, 1.54) is 30.7 Å². The Labute approximate surface area is 217 Å². The van der Waals surface area contributed by atoms with E-state index in [-0.39, 0.29) is 34.1 Å². The minimum Gasteiger partial charge on any atom is -0.443 e. The van der Waals surface area contributed by atoms with Gasteiger partial charge in [0.25, 0.3) is 0 Å². The summed E-state index contributed by atoms with van der Waals surface area (Å²) < 4.78 is 59.2. The Morgan fingerprint density at radius 2 is 1.74 bits per heavy atom. The molecule has 4 aliphatic rings. The molecule has 1 aromatic carbocycles. The van der Waals surface area contributed by atoms with Gasteiger partial charge in [-0.2, -0.15) is 5.10 Å². The maximum Gasteiger partial charge on any atom is 0.246 e. The molecule has 4 aliphatic carbocycles. The van der Waals surface area contributed by atoms with E-state index in [4.69, 9.17) is 9.40 Å². The lowest BCUT2D eigenvalue weighted by Gasteiger charge is -2.46. The summed E-state index contributed by atoms with van der Waals surface area (Å²) in [5.74, 6) is -1.08. The molecule has 8 rings (SSSR count). The zero-order chi connectivity index (χ0) is 26.1. The highest BCUT2D eigenvalue weighted by atomic mass is 32.2. The molecule has 0 radical (unpaired) electrons. The largest absolute Gasteiger partial charge is 0.443 e. The van der Waals surface area contributed by atoms with Crippen molar-refractivity contribution in [1.29, 1.82) is 0 Å². The van der Waals surface area contributed by atoms with E-state index in [1.54, 1.807) is 12.3 Å². The predicted molar refractivity (Wildman–Crippen MR) is 133 cm³/mol. The third-order valence-corrected chi connectivity index (χ3v) is 10.2. The Morgan fingerprint density at radius 3 is 2.47 bits per heavy atom. The summed E-state index contributed by atoms with van der Waals surface area (Å²) in [7, 11) is -3.23. The van der Waals surface area contributed by atoms with Crippen molar-refractivity contribution in [3.8, 4) is 22.8 Å². The van der Waals surface area contributed by atoms with Crippen molar-refractivity contribution in [2.75, 3.05) is 0 Å². The van der Waals surface area contributed by atoms with Gasteiger partial charge < -0.3 is 4.42 Å². The van der Waals surface area contributed by atoms with E-state index >= 15 is 0 Å². The molecule has 0 atom stereocenters.